The van der Waals surface area contributed by atoms with E-state index in [1.165, 1.54) is 18.4 Å². The molecule has 88 valence electrons. The number of hydrogen-bond acceptors (Lipinski definition) is 4. The molecular weight excluding hydrogens is 248 g/mol. The summed E-state index contributed by atoms with van der Waals surface area (Å²) < 4.78 is 23.0. The van der Waals surface area contributed by atoms with Crippen molar-refractivity contribution in [3.8, 4) is 11.8 Å². The van der Waals surface area contributed by atoms with Gasteiger partial charge < -0.3 is 5.11 Å². The number of nitrogens with two attached hydrogens (primary N) is 1. The lowest BCUT2D eigenvalue weighted by molar-refractivity contribution is 0.350. The summed E-state index contributed by atoms with van der Waals surface area (Å²) in [4.78, 5) is 0.846. The normalized spacial score (nSPS) is 11.2. The maximum Gasteiger partial charge on any atom is 0.276 e. The Hall–Kier alpha value is -0.910. The van der Waals surface area contributed by atoms with Gasteiger partial charge in [0.2, 0.25) is 0 Å². The Morgan fingerprint density at radius 2 is 2.31 bits per heavy atom. The van der Waals surface area contributed by atoms with E-state index in [-0.39, 0.29) is 13.2 Å². The van der Waals surface area contributed by atoms with Gasteiger partial charge in [0.05, 0.1) is 0 Å². The molecule has 0 amide bonds. The van der Waals surface area contributed by atoms with Crippen LogP contribution in [0.1, 0.15) is 10.4 Å². The molecule has 1 rings (SSSR count). The molecule has 0 aliphatic heterocycles. The molecule has 0 atom stereocenters. The summed E-state index contributed by atoms with van der Waals surface area (Å²) in [5, 5.41) is 15.3. The fourth-order valence-electron chi connectivity index (χ4n) is 0.980. The first kappa shape index (κ1) is 13.2. The Balaban J connectivity index is 2.73. The van der Waals surface area contributed by atoms with Crippen molar-refractivity contribution < 1.29 is 13.5 Å². The molecule has 1 heterocycles. The van der Waals surface area contributed by atoms with Crippen molar-refractivity contribution in [1.29, 1.82) is 0 Å². The second kappa shape index (κ2) is 5.43. The van der Waals surface area contributed by atoms with E-state index in [1.54, 1.807) is 11.4 Å². The Bertz CT molecular complexity index is 510. The van der Waals surface area contributed by atoms with Crippen LogP contribution in [0.4, 0.5) is 0 Å². The molecular formula is C9H12N2O3S2. The van der Waals surface area contributed by atoms with Crippen molar-refractivity contribution in [2.24, 2.45) is 5.14 Å². The second-order valence-electron chi connectivity index (χ2n) is 3.06. The van der Waals surface area contributed by atoms with Gasteiger partial charge in [-0.1, -0.05) is 11.8 Å². The molecule has 0 unspecified atom stereocenters. The van der Waals surface area contributed by atoms with Crippen LogP contribution in [-0.4, -0.2) is 31.5 Å². The lowest BCUT2D eigenvalue weighted by Crippen LogP contribution is -2.32. The van der Waals surface area contributed by atoms with Gasteiger partial charge in [0.15, 0.2) is 0 Å². The SMILES string of the molecule is CN(Cc1cc(C#CCO)cs1)S(N)(=O)=O. The zero-order valence-corrected chi connectivity index (χ0v) is 10.3. The van der Waals surface area contributed by atoms with Crippen LogP contribution in [0.15, 0.2) is 11.4 Å². The van der Waals surface area contributed by atoms with Crippen molar-refractivity contribution in [2.75, 3.05) is 13.7 Å². The van der Waals surface area contributed by atoms with Gasteiger partial charge >= 0.3 is 0 Å². The Morgan fingerprint density at radius 3 is 2.88 bits per heavy atom. The topological polar surface area (TPSA) is 83.6 Å². The van der Waals surface area contributed by atoms with E-state index in [2.05, 4.69) is 11.8 Å². The fourth-order valence-corrected chi connectivity index (χ4v) is 2.25. The van der Waals surface area contributed by atoms with Crippen molar-refractivity contribution in [3.05, 3.63) is 21.9 Å². The standard InChI is InChI=1S/C9H12N2O3S2/c1-11(16(10,13)14)6-9-5-8(7-15-9)3-2-4-12/h5,7,12H,4,6H2,1H3,(H2,10,13,14). The third-order valence-electron chi connectivity index (χ3n) is 1.78. The highest BCUT2D eigenvalue weighted by atomic mass is 32.2. The highest BCUT2D eigenvalue weighted by Gasteiger charge is 2.12. The lowest BCUT2D eigenvalue weighted by atomic mass is 10.3. The van der Waals surface area contributed by atoms with Crippen LogP contribution in [0.2, 0.25) is 0 Å². The van der Waals surface area contributed by atoms with Crippen molar-refractivity contribution in [1.82, 2.24) is 4.31 Å². The van der Waals surface area contributed by atoms with E-state index < -0.39 is 10.2 Å². The van der Waals surface area contributed by atoms with Crippen molar-refractivity contribution in [2.45, 2.75) is 6.54 Å². The fraction of sp³-hybridized carbons (Fsp3) is 0.333. The number of rotatable bonds is 3. The van der Waals surface area contributed by atoms with E-state index in [9.17, 15) is 8.42 Å². The molecule has 0 saturated heterocycles. The van der Waals surface area contributed by atoms with Gasteiger partial charge in [-0.15, -0.1) is 11.3 Å². The summed E-state index contributed by atoms with van der Waals surface area (Å²) in [6.07, 6.45) is 0. The third kappa shape index (κ3) is 3.92. The third-order valence-corrected chi connectivity index (χ3v) is 3.70. The van der Waals surface area contributed by atoms with Crippen LogP contribution < -0.4 is 5.14 Å². The minimum atomic E-state index is -3.64. The largest absolute Gasteiger partial charge is 0.384 e. The molecule has 0 aliphatic carbocycles. The van der Waals surface area contributed by atoms with E-state index in [4.69, 9.17) is 10.2 Å². The first-order valence-electron chi connectivity index (χ1n) is 4.34. The molecule has 16 heavy (non-hydrogen) atoms. The molecule has 0 fully saturated rings. The number of aliphatic hydroxyl groups excluding tert-OH is 1. The monoisotopic (exact) mass is 260 g/mol. The van der Waals surface area contributed by atoms with E-state index in [0.29, 0.717) is 0 Å². The van der Waals surface area contributed by atoms with Crippen LogP contribution in [0.3, 0.4) is 0 Å². The Labute approximate surface area is 98.7 Å². The summed E-state index contributed by atoms with van der Waals surface area (Å²) in [6.45, 7) is 0.0343. The van der Waals surface area contributed by atoms with Crippen LogP contribution in [-0.2, 0) is 16.8 Å². The molecule has 0 bridgehead atoms. The van der Waals surface area contributed by atoms with Crippen LogP contribution >= 0.6 is 11.3 Å². The summed E-state index contributed by atoms with van der Waals surface area (Å²) >= 11 is 1.40. The van der Waals surface area contributed by atoms with Crippen molar-refractivity contribution >= 4 is 21.5 Å². The number of nitrogens with zero attached hydrogens (tertiary/aromatic N) is 1. The molecule has 1 aromatic heterocycles. The minimum absolute atomic E-state index is 0.192. The van der Waals surface area contributed by atoms with Crippen molar-refractivity contribution in [3.63, 3.8) is 0 Å². The molecule has 1 aromatic rings. The average molecular weight is 260 g/mol. The van der Waals surface area contributed by atoms with Gasteiger partial charge in [-0.25, -0.2) is 5.14 Å². The molecule has 0 aromatic carbocycles. The number of aliphatic hydroxyl groups is 1. The summed E-state index contributed by atoms with van der Waals surface area (Å²) in [5.41, 5.74) is 0.761. The Morgan fingerprint density at radius 1 is 1.62 bits per heavy atom. The summed E-state index contributed by atoms with van der Waals surface area (Å²) in [6, 6.07) is 1.77. The van der Waals surface area contributed by atoms with Gasteiger partial charge in [-0.3, -0.25) is 0 Å². The predicted molar refractivity (Wildman–Crippen MR) is 62.9 cm³/mol. The molecule has 5 nitrogen and oxygen atoms in total. The summed E-state index contributed by atoms with van der Waals surface area (Å²) in [7, 11) is -2.23. The second-order valence-corrected chi connectivity index (χ2v) is 5.71. The molecule has 3 N–H and O–H groups in total. The highest BCUT2D eigenvalue weighted by Crippen LogP contribution is 2.16. The van der Waals surface area contributed by atoms with Crippen LogP contribution in [0.5, 0.6) is 0 Å². The molecule has 7 heteroatoms. The van der Waals surface area contributed by atoms with Gasteiger partial charge in [-0.2, -0.15) is 12.7 Å². The minimum Gasteiger partial charge on any atom is -0.384 e. The predicted octanol–water partition coefficient (Wildman–Crippen LogP) is -0.273. The van der Waals surface area contributed by atoms with E-state index in [0.717, 1.165) is 14.7 Å². The first-order chi connectivity index (χ1) is 7.43. The Kier molecular flexibility index (Phi) is 4.46. The molecule has 0 spiro atoms. The maximum absolute atomic E-state index is 11.0. The zero-order valence-electron chi connectivity index (χ0n) is 8.67. The van der Waals surface area contributed by atoms with Gasteiger partial charge in [0.25, 0.3) is 10.2 Å². The zero-order chi connectivity index (χ0) is 12.2. The number of thiophene rings is 1. The lowest BCUT2D eigenvalue weighted by Gasteiger charge is -2.11. The van der Waals surface area contributed by atoms with E-state index >= 15 is 0 Å². The number of hydrogen-bond donors (Lipinski definition) is 2. The van der Waals surface area contributed by atoms with E-state index in [1.807, 2.05) is 0 Å². The van der Waals surface area contributed by atoms with Crippen LogP contribution in [0.25, 0.3) is 0 Å². The average Bonchev–Trinajstić information content (AvgIpc) is 2.61. The highest BCUT2D eigenvalue weighted by molar-refractivity contribution is 7.86. The molecule has 0 saturated carbocycles. The summed E-state index contributed by atoms with van der Waals surface area (Å²) in [5.74, 6) is 5.26. The van der Waals surface area contributed by atoms with Crippen LogP contribution in [0, 0.1) is 11.8 Å². The smallest absolute Gasteiger partial charge is 0.276 e. The maximum atomic E-state index is 11.0. The quantitative estimate of drug-likeness (QED) is 0.734. The van der Waals surface area contributed by atoms with Gasteiger partial charge in [0.1, 0.15) is 6.61 Å². The first-order valence-corrected chi connectivity index (χ1v) is 6.73. The van der Waals surface area contributed by atoms with Gasteiger partial charge in [0, 0.05) is 29.4 Å². The molecule has 0 aliphatic rings. The molecule has 0 radical (unpaired) electrons. The van der Waals surface area contributed by atoms with Gasteiger partial charge in [-0.05, 0) is 6.07 Å².